The lowest BCUT2D eigenvalue weighted by atomic mass is 10.3. The van der Waals surface area contributed by atoms with Crippen molar-refractivity contribution in [3.8, 4) is 0 Å². The van der Waals surface area contributed by atoms with Crippen molar-refractivity contribution in [1.82, 2.24) is 14.5 Å². The second-order valence-corrected chi connectivity index (χ2v) is 5.28. The molecule has 1 heterocycles. The van der Waals surface area contributed by atoms with Crippen molar-refractivity contribution in [2.24, 2.45) is 0 Å². The number of rotatable bonds is 5. The average Bonchev–Trinajstić information content (AvgIpc) is 2.75. The fourth-order valence-corrected chi connectivity index (χ4v) is 2.23. The van der Waals surface area contributed by atoms with Crippen LogP contribution in [0.3, 0.4) is 0 Å². The van der Waals surface area contributed by atoms with Crippen LogP contribution in [0.1, 0.15) is 25.0 Å². The normalized spacial score (nSPS) is 13.4. The van der Waals surface area contributed by atoms with Gasteiger partial charge in [-0.15, -0.1) is 11.6 Å². The number of para-hydroxylation sites is 2. The number of halogens is 1. The van der Waals surface area contributed by atoms with Crippen LogP contribution in [-0.2, 0) is 6.54 Å². The van der Waals surface area contributed by atoms with Gasteiger partial charge in [0.1, 0.15) is 5.82 Å². The standard InChI is InChI=1S/C14H20ClN3/c1-4-17(3)9-10-18-13-8-6-5-7-12(13)16-14(18)11(2)15/h5-8,11H,4,9-10H2,1-3H3. The molecule has 0 saturated heterocycles. The quantitative estimate of drug-likeness (QED) is 0.774. The number of nitrogens with zero attached hydrogens (tertiary/aromatic N) is 3. The Labute approximate surface area is 113 Å². The zero-order chi connectivity index (χ0) is 13.1. The minimum Gasteiger partial charge on any atom is -0.325 e. The van der Waals surface area contributed by atoms with Crippen LogP contribution in [0.4, 0.5) is 0 Å². The molecular formula is C14H20ClN3. The van der Waals surface area contributed by atoms with E-state index >= 15 is 0 Å². The van der Waals surface area contributed by atoms with Gasteiger partial charge in [-0.25, -0.2) is 4.98 Å². The first kappa shape index (κ1) is 13.4. The molecule has 0 aliphatic rings. The monoisotopic (exact) mass is 265 g/mol. The summed E-state index contributed by atoms with van der Waals surface area (Å²) in [6, 6.07) is 8.21. The highest BCUT2D eigenvalue weighted by Gasteiger charge is 2.14. The van der Waals surface area contributed by atoms with Crippen LogP contribution in [0.25, 0.3) is 11.0 Å². The van der Waals surface area contributed by atoms with E-state index in [0.29, 0.717) is 0 Å². The molecule has 0 aliphatic heterocycles. The third kappa shape index (κ3) is 2.68. The average molecular weight is 266 g/mol. The molecule has 1 atom stereocenters. The smallest absolute Gasteiger partial charge is 0.127 e. The van der Waals surface area contributed by atoms with E-state index in [2.05, 4.69) is 34.5 Å². The van der Waals surface area contributed by atoms with Crippen molar-refractivity contribution >= 4 is 22.6 Å². The van der Waals surface area contributed by atoms with Crippen molar-refractivity contribution < 1.29 is 0 Å². The van der Waals surface area contributed by atoms with Gasteiger partial charge in [0.2, 0.25) is 0 Å². The van der Waals surface area contributed by atoms with Crippen LogP contribution < -0.4 is 0 Å². The molecular weight excluding hydrogens is 246 g/mol. The molecule has 0 N–H and O–H groups in total. The van der Waals surface area contributed by atoms with Crippen molar-refractivity contribution in [3.05, 3.63) is 30.1 Å². The molecule has 4 heteroatoms. The third-order valence-electron chi connectivity index (χ3n) is 3.29. The molecule has 1 aromatic carbocycles. The van der Waals surface area contributed by atoms with Gasteiger partial charge in [0.05, 0.1) is 16.4 Å². The van der Waals surface area contributed by atoms with E-state index in [9.17, 15) is 0 Å². The summed E-state index contributed by atoms with van der Waals surface area (Å²) in [7, 11) is 2.13. The van der Waals surface area contributed by atoms with E-state index in [1.807, 2.05) is 25.1 Å². The maximum absolute atomic E-state index is 6.23. The van der Waals surface area contributed by atoms with Gasteiger partial charge in [0.15, 0.2) is 0 Å². The van der Waals surface area contributed by atoms with Crippen molar-refractivity contribution in [3.63, 3.8) is 0 Å². The summed E-state index contributed by atoms with van der Waals surface area (Å²) in [6.07, 6.45) is 0. The molecule has 0 aliphatic carbocycles. The lowest BCUT2D eigenvalue weighted by Crippen LogP contribution is -2.23. The van der Waals surface area contributed by atoms with Crippen molar-refractivity contribution in [2.45, 2.75) is 25.8 Å². The van der Waals surface area contributed by atoms with Crippen LogP contribution in [0.15, 0.2) is 24.3 Å². The van der Waals surface area contributed by atoms with Gasteiger partial charge in [-0.2, -0.15) is 0 Å². The van der Waals surface area contributed by atoms with E-state index in [4.69, 9.17) is 11.6 Å². The molecule has 2 rings (SSSR count). The molecule has 0 spiro atoms. The zero-order valence-corrected chi connectivity index (χ0v) is 12.0. The summed E-state index contributed by atoms with van der Waals surface area (Å²) in [4.78, 5) is 6.92. The summed E-state index contributed by atoms with van der Waals surface area (Å²) >= 11 is 6.23. The Balaban J connectivity index is 2.36. The summed E-state index contributed by atoms with van der Waals surface area (Å²) in [5.41, 5.74) is 2.20. The van der Waals surface area contributed by atoms with Gasteiger partial charge < -0.3 is 9.47 Å². The molecule has 0 bridgehead atoms. The Hall–Kier alpha value is -1.06. The Kier molecular flexibility index (Phi) is 4.25. The van der Waals surface area contributed by atoms with E-state index in [0.717, 1.165) is 31.0 Å². The molecule has 98 valence electrons. The number of hydrogen-bond donors (Lipinski definition) is 0. The molecule has 0 amide bonds. The molecule has 0 fully saturated rings. The molecule has 1 aromatic heterocycles. The van der Waals surface area contributed by atoms with Gasteiger partial charge in [-0.1, -0.05) is 19.1 Å². The molecule has 0 saturated carbocycles. The maximum atomic E-state index is 6.23. The first-order valence-corrected chi connectivity index (χ1v) is 6.85. The molecule has 0 radical (unpaired) electrons. The van der Waals surface area contributed by atoms with Crippen LogP contribution in [-0.4, -0.2) is 34.6 Å². The number of alkyl halides is 1. The second kappa shape index (κ2) is 5.72. The molecule has 3 nitrogen and oxygen atoms in total. The van der Waals surface area contributed by atoms with Crippen LogP contribution in [0, 0.1) is 0 Å². The summed E-state index contributed by atoms with van der Waals surface area (Å²) in [6.45, 7) is 7.13. The summed E-state index contributed by atoms with van der Waals surface area (Å²) in [5.74, 6) is 0.961. The van der Waals surface area contributed by atoms with Crippen LogP contribution in [0.2, 0.25) is 0 Å². The highest BCUT2D eigenvalue weighted by Crippen LogP contribution is 2.24. The Morgan fingerprint density at radius 2 is 2.11 bits per heavy atom. The fraction of sp³-hybridized carbons (Fsp3) is 0.500. The maximum Gasteiger partial charge on any atom is 0.127 e. The molecule has 1 unspecified atom stereocenters. The number of hydrogen-bond acceptors (Lipinski definition) is 2. The molecule has 18 heavy (non-hydrogen) atoms. The lowest BCUT2D eigenvalue weighted by Gasteiger charge is -2.16. The Morgan fingerprint density at radius 3 is 2.78 bits per heavy atom. The topological polar surface area (TPSA) is 21.1 Å². The number of benzene rings is 1. The predicted octanol–water partition coefficient (Wildman–Crippen LogP) is 3.29. The highest BCUT2D eigenvalue weighted by atomic mass is 35.5. The minimum atomic E-state index is -0.0654. The van der Waals surface area contributed by atoms with Gasteiger partial charge in [0, 0.05) is 13.1 Å². The van der Waals surface area contributed by atoms with Gasteiger partial charge >= 0.3 is 0 Å². The summed E-state index contributed by atoms with van der Waals surface area (Å²) in [5, 5.41) is -0.0654. The SMILES string of the molecule is CCN(C)CCn1c(C(C)Cl)nc2ccccc21. The largest absolute Gasteiger partial charge is 0.325 e. The lowest BCUT2D eigenvalue weighted by molar-refractivity contribution is 0.335. The predicted molar refractivity (Wildman–Crippen MR) is 77.2 cm³/mol. The fourth-order valence-electron chi connectivity index (χ4n) is 2.06. The number of aromatic nitrogens is 2. The number of fused-ring (bicyclic) bond motifs is 1. The Morgan fingerprint density at radius 1 is 1.39 bits per heavy atom. The van der Waals surface area contributed by atoms with Gasteiger partial charge in [0.25, 0.3) is 0 Å². The van der Waals surface area contributed by atoms with Crippen LogP contribution in [0.5, 0.6) is 0 Å². The molecule has 2 aromatic rings. The van der Waals surface area contributed by atoms with E-state index in [-0.39, 0.29) is 5.38 Å². The zero-order valence-electron chi connectivity index (χ0n) is 11.2. The van der Waals surface area contributed by atoms with Gasteiger partial charge in [-0.05, 0) is 32.6 Å². The number of imidazole rings is 1. The third-order valence-corrected chi connectivity index (χ3v) is 3.48. The van der Waals surface area contributed by atoms with E-state index in [1.165, 1.54) is 5.52 Å². The van der Waals surface area contributed by atoms with E-state index < -0.39 is 0 Å². The second-order valence-electron chi connectivity index (χ2n) is 4.62. The van der Waals surface area contributed by atoms with E-state index in [1.54, 1.807) is 0 Å². The van der Waals surface area contributed by atoms with Gasteiger partial charge in [-0.3, -0.25) is 0 Å². The van der Waals surface area contributed by atoms with Crippen molar-refractivity contribution in [1.29, 1.82) is 0 Å². The minimum absolute atomic E-state index is 0.0654. The Bertz CT molecular complexity index is 519. The first-order valence-electron chi connectivity index (χ1n) is 6.41. The summed E-state index contributed by atoms with van der Waals surface area (Å²) < 4.78 is 2.24. The highest BCUT2D eigenvalue weighted by molar-refractivity contribution is 6.20. The van der Waals surface area contributed by atoms with Crippen LogP contribution >= 0.6 is 11.6 Å². The first-order chi connectivity index (χ1) is 8.63. The number of likely N-dealkylation sites (N-methyl/N-ethyl adjacent to an activating group) is 1. The van der Waals surface area contributed by atoms with Crippen molar-refractivity contribution in [2.75, 3.05) is 20.1 Å².